The lowest BCUT2D eigenvalue weighted by molar-refractivity contribution is 0.412. The van der Waals surface area contributed by atoms with E-state index in [1.807, 2.05) is 47.7 Å². The zero-order chi connectivity index (χ0) is 19.7. The third-order valence-corrected chi connectivity index (χ3v) is 5.35. The van der Waals surface area contributed by atoms with Gasteiger partial charge in [-0.3, -0.25) is 9.20 Å². The lowest BCUT2D eigenvalue weighted by atomic mass is 10.2. The molecule has 0 fully saturated rings. The van der Waals surface area contributed by atoms with Crippen LogP contribution in [0.4, 0.5) is 0 Å². The van der Waals surface area contributed by atoms with Crippen LogP contribution in [0, 0.1) is 18.3 Å². The molecule has 2 aromatic heterocycles. The van der Waals surface area contributed by atoms with Gasteiger partial charge < -0.3 is 4.74 Å². The summed E-state index contributed by atoms with van der Waals surface area (Å²) in [5.74, 6) is 1.58. The summed E-state index contributed by atoms with van der Waals surface area (Å²) < 4.78 is 8.90. The van der Waals surface area contributed by atoms with Crippen LogP contribution < -0.4 is 10.3 Å². The SMILES string of the molecule is COc1ccc(C)cc1-n1c(=O)c2ccccc2n2c(SCCC#N)nnc12. The molecular weight excluding hydrogens is 374 g/mol. The molecule has 0 atom stereocenters. The quantitative estimate of drug-likeness (QED) is 0.383. The molecule has 0 unspecified atom stereocenters. The largest absolute Gasteiger partial charge is 0.495 e. The molecule has 8 heteroatoms. The summed E-state index contributed by atoms with van der Waals surface area (Å²) in [4.78, 5) is 13.4. The van der Waals surface area contributed by atoms with Gasteiger partial charge in [0.2, 0.25) is 5.78 Å². The maximum absolute atomic E-state index is 13.4. The van der Waals surface area contributed by atoms with Crippen molar-refractivity contribution in [3.05, 3.63) is 58.4 Å². The Hall–Kier alpha value is -3.31. The van der Waals surface area contributed by atoms with Crippen LogP contribution in [-0.2, 0) is 0 Å². The number of nitrogens with zero attached hydrogens (tertiary/aromatic N) is 5. The minimum atomic E-state index is -0.187. The maximum atomic E-state index is 13.4. The van der Waals surface area contributed by atoms with Gasteiger partial charge in [0.25, 0.3) is 5.56 Å². The van der Waals surface area contributed by atoms with Gasteiger partial charge in [-0.15, -0.1) is 10.2 Å². The number of thioether (sulfide) groups is 1. The molecule has 2 aromatic carbocycles. The summed E-state index contributed by atoms with van der Waals surface area (Å²) in [5, 5.41) is 18.6. The minimum Gasteiger partial charge on any atom is -0.495 e. The molecule has 4 aromatic rings. The van der Waals surface area contributed by atoms with Crippen molar-refractivity contribution in [1.29, 1.82) is 5.26 Å². The van der Waals surface area contributed by atoms with Gasteiger partial charge in [0.1, 0.15) is 5.75 Å². The van der Waals surface area contributed by atoms with E-state index >= 15 is 0 Å². The molecule has 4 rings (SSSR count). The monoisotopic (exact) mass is 391 g/mol. The van der Waals surface area contributed by atoms with E-state index in [2.05, 4.69) is 16.3 Å². The van der Waals surface area contributed by atoms with Crippen molar-refractivity contribution < 1.29 is 4.74 Å². The Balaban J connectivity index is 2.10. The summed E-state index contributed by atoms with van der Waals surface area (Å²) in [6.07, 6.45) is 0.406. The van der Waals surface area contributed by atoms with Gasteiger partial charge in [-0.25, -0.2) is 4.57 Å². The molecule has 0 bridgehead atoms. The average molecular weight is 391 g/mol. The number of benzene rings is 2. The lowest BCUT2D eigenvalue weighted by Gasteiger charge is -2.14. The average Bonchev–Trinajstić information content (AvgIpc) is 3.12. The molecule has 0 aliphatic heterocycles. The van der Waals surface area contributed by atoms with E-state index in [0.717, 1.165) is 11.1 Å². The topological polar surface area (TPSA) is 85.2 Å². The number of rotatable bonds is 5. The second-order valence-corrected chi connectivity index (χ2v) is 7.27. The van der Waals surface area contributed by atoms with E-state index < -0.39 is 0 Å². The Kier molecular flexibility index (Phi) is 4.75. The zero-order valence-corrected chi connectivity index (χ0v) is 16.2. The third kappa shape index (κ3) is 2.90. The van der Waals surface area contributed by atoms with E-state index in [9.17, 15) is 4.79 Å². The van der Waals surface area contributed by atoms with Crippen LogP contribution in [0.5, 0.6) is 5.75 Å². The number of aromatic nitrogens is 4. The first-order valence-electron chi connectivity index (χ1n) is 8.69. The smallest absolute Gasteiger partial charge is 0.267 e. The highest BCUT2D eigenvalue weighted by atomic mass is 32.2. The highest BCUT2D eigenvalue weighted by Gasteiger charge is 2.19. The Bertz CT molecular complexity index is 1290. The molecule has 0 spiro atoms. The van der Waals surface area contributed by atoms with Crippen LogP contribution >= 0.6 is 11.8 Å². The molecule has 0 saturated carbocycles. The second-order valence-electron chi connectivity index (χ2n) is 6.21. The summed E-state index contributed by atoms with van der Waals surface area (Å²) in [6, 6.07) is 15.2. The Labute approximate surface area is 165 Å². The van der Waals surface area contributed by atoms with Gasteiger partial charge in [-0.05, 0) is 36.8 Å². The highest BCUT2D eigenvalue weighted by Crippen LogP contribution is 2.27. The summed E-state index contributed by atoms with van der Waals surface area (Å²) >= 11 is 1.44. The van der Waals surface area contributed by atoms with E-state index in [0.29, 0.717) is 39.9 Å². The number of hydrogen-bond acceptors (Lipinski definition) is 6. The first-order chi connectivity index (χ1) is 13.7. The molecule has 2 heterocycles. The van der Waals surface area contributed by atoms with Crippen molar-refractivity contribution in [3.63, 3.8) is 0 Å². The van der Waals surface area contributed by atoms with Crippen molar-refractivity contribution >= 4 is 28.4 Å². The fourth-order valence-corrected chi connectivity index (χ4v) is 3.94. The minimum absolute atomic E-state index is 0.187. The second kappa shape index (κ2) is 7.37. The van der Waals surface area contributed by atoms with Crippen LogP contribution in [0.25, 0.3) is 22.4 Å². The number of aryl methyl sites for hydroxylation is 1. The normalized spacial score (nSPS) is 11.0. The molecule has 28 heavy (non-hydrogen) atoms. The number of methoxy groups -OCH3 is 1. The van der Waals surface area contributed by atoms with Crippen LogP contribution in [0.2, 0.25) is 0 Å². The van der Waals surface area contributed by atoms with Crippen LogP contribution in [-0.4, -0.2) is 32.0 Å². The first-order valence-corrected chi connectivity index (χ1v) is 9.68. The van der Waals surface area contributed by atoms with Crippen LogP contribution in [0.1, 0.15) is 12.0 Å². The number of fused-ring (bicyclic) bond motifs is 3. The van der Waals surface area contributed by atoms with E-state index in [1.165, 1.54) is 16.3 Å². The van der Waals surface area contributed by atoms with E-state index in [1.54, 1.807) is 13.2 Å². The van der Waals surface area contributed by atoms with Crippen LogP contribution in [0.15, 0.2) is 52.4 Å². The van der Waals surface area contributed by atoms with Gasteiger partial charge in [-0.2, -0.15) is 5.26 Å². The molecular formula is C20H17N5O2S. The molecule has 140 valence electrons. The Morgan fingerprint density at radius 2 is 2.04 bits per heavy atom. The number of nitriles is 1. The van der Waals surface area contributed by atoms with Gasteiger partial charge >= 0.3 is 0 Å². The van der Waals surface area contributed by atoms with Crippen LogP contribution in [0.3, 0.4) is 0 Å². The summed E-state index contributed by atoms with van der Waals surface area (Å²) in [7, 11) is 1.57. The van der Waals surface area contributed by atoms with Gasteiger partial charge in [-0.1, -0.05) is 30.0 Å². The predicted octanol–water partition coefficient (Wildman–Crippen LogP) is 3.36. The fourth-order valence-electron chi connectivity index (χ4n) is 3.15. The molecule has 0 amide bonds. The molecule has 0 N–H and O–H groups in total. The van der Waals surface area contributed by atoms with Crippen molar-refractivity contribution in [1.82, 2.24) is 19.2 Å². The molecule has 0 radical (unpaired) electrons. The van der Waals surface area contributed by atoms with Crippen molar-refractivity contribution in [2.45, 2.75) is 18.5 Å². The number of hydrogen-bond donors (Lipinski definition) is 0. The molecule has 0 aliphatic carbocycles. The Morgan fingerprint density at radius 1 is 1.21 bits per heavy atom. The van der Waals surface area contributed by atoms with Gasteiger partial charge in [0.05, 0.1) is 29.8 Å². The van der Waals surface area contributed by atoms with Crippen molar-refractivity contribution in [3.8, 4) is 17.5 Å². The lowest BCUT2D eigenvalue weighted by Crippen LogP contribution is -2.22. The molecule has 0 aliphatic rings. The molecule has 7 nitrogen and oxygen atoms in total. The van der Waals surface area contributed by atoms with E-state index in [-0.39, 0.29) is 5.56 Å². The summed E-state index contributed by atoms with van der Waals surface area (Å²) in [5.41, 5.74) is 2.16. The van der Waals surface area contributed by atoms with Gasteiger partial charge in [0, 0.05) is 12.2 Å². The molecule has 0 saturated heterocycles. The maximum Gasteiger partial charge on any atom is 0.267 e. The Morgan fingerprint density at radius 3 is 2.82 bits per heavy atom. The van der Waals surface area contributed by atoms with E-state index in [4.69, 9.17) is 10.00 Å². The van der Waals surface area contributed by atoms with Crippen molar-refractivity contribution in [2.75, 3.05) is 12.9 Å². The zero-order valence-electron chi connectivity index (χ0n) is 15.4. The number of para-hydroxylation sites is 1. The highest BCUT2D eigenvalue weighted by molar-refractivity contribution is 7.99. The summed E-state index contributed by atoms with van der Waals surface area (Å²) in [6.45, 7) is 1.96. The predicted molar refractivity (Wildman–Crippen MR) is 108 cm³/mol. The first kappa shape index (κ1) is 18.1. The fraction of sp³-hybridized carbons (Fsp3) is 0.200. The number of ether oxygens (including phenoxy) is 1. The van der Waals surface area contributed by atoms with Crippen molar-refractivity contribution in [2.24, 2.45) is 0 Å². The standard InChI is InChI=1S/C20H17N5O2S/c1-13-8-9-17(27-2)16(12-13)24-18(26)14-6-3-4-7-15(14)25-19(24)22-23-20(25)28-11-5-10-21/h3-4,6-9,12H,5,11H2,1-2H3. The van der Waals surface area contributed by atoms with Gasteiger partial charge in [0.15, 0.2) is 5.16 Å². The third-order valence-electron chi connectivity index (χ3n) is 4.42.